The molecule has 0 aliphatic carbocycles. The van der Waals surface area contributed by atoms with Crippen LogP contribution in [-0.2, 0) is 17.6 Å². The van der Waals surface area contributed by atoms with E-state index in [0.717, 1.165) is 17.2 Å². The summed E-state index contributed by atoms with van der Waals surface area (Å²) in [5.74, 6) is -2.20. The molecule has 0 aliphatic heterocycles. The number of carbonyl (C=O) groups excluding carboxylic acids is 2. The zero-order valence-electron chi connectivity index (χ0n) is 17.2. The number of aromatic hydroxyl groups is 4. The van der Waals surface area contributed by atoms with Crippen molar-refractivity contribution in [2.24, 2.45) is 0 Å². The molecule has 1 atom stereocenters. The third kappa shape index (κ3) is 5.91. The van der Waals surface area contributed by atoms with Gasteiger partial charge in [-0.15, -0.1) is 0 Å². The number of phenolic OH excluding ortho intramolecular Hbond substituents is 4. The summed E-state index contributed by atoms with van der Waals surface area (Å²) >= 11 is 0. The highest BCUT2D eigenvalue weighted by Crippen LogP contribution is 2.25. The van der Waals surface area contributed by atoms with Crippen molar-refractivity contribution in [3.8, 4) is 23.0 Å². The number of benzene rings is 3. The number of amides is 2. The first-order chi connectivity index (χ1) is 15.3. The van der Waals surface area contributed by atoms with E-state index < -0.39 is 23.6 Å². The summed E-state index contributed by atoms with van der Waals surface area (Å²) in [5.41, 5.74) is 1.68. The Bertz CT molecular complexity index is 1100. The van der Waals surface area contributed by atoms with Gasteiger partial charge in [0.25, 0.3) is 5.91 Å². The fraction of sp³-hybridized carbons (Fsp3) is 0.167. The minimum absolute atomic E-state index is 0.103. The van der Waals surface area contributed by atoms with Crippen molar-refractivity contribution < 1.29 is 30.0 Å². The van der Waals surface area contributed by atoms with Crippen molar-refractivity contribution in [1.29, 1.82) is 0 Å². The predicted octanol–water partition coefficient (Wildman–Crippen LogP) is 2.21. The van der Waals surface area contributed by atoms with Crippen LogP contribution in [0.5, 0.6) is 23.0 Å². The van der Waals surface area contributed by atoms with Gasteiger partial charge in [-0.1, -0.05) is 36.4 Å². The molecule has 3 rings (SSSR count). The first-order valence-corrected chi connectivity index (χ1v) is 9.99. The van der Waals surface area contributed by atoms with Crippen LogP contribution in [0.15, 0.2) is 66.7 Å². The van der Waals surface area contributed by atoms with Gasteiger partial charge in [0.1, 0.15) is 6.04 Å². The lowest BCUT2D eigenvalue weighted by Crippen LogP contribution is -2.48. The largest absolute Gasteiger partial charge is 0.504 e. The molecule has 166 valence electrons. The van der Waals surface area contributed by atoms with Crippen molar-refractivity contribution in [3.05, 3.63) is 83.4 Å². The van der Waals surface area contributed by atoms with Crippen LogP contribution < -0.4 is 10.6 Å². The normalized spacial score (nSPS) is 11.5. The lowest BCUT2D eigenvalue weighted by atomic mass is 10.0. The standard InChI is InChI=1S/C24H24N2O6/c27-19-8-6-16(13-21(19)29)10-11-25-24(32)18(12-15-4-2-1-3-5-15)26-23(31)17-7-9-20(28)22(30)14-17/h1-9,13-14,18,27-30H,10-12H2,(H,25,32)(H,26,31)/t18-/m0/s1. The zero-order valence-corrected chi connectivity index (χ0v) is 17.2. The first-order valence-electron chi connectivity index (χ1n) is 9.99. The molecular weight excluding hydrogens is 412 g/mol. The molecule has 0 aromatic heterocycles. The number of phenols is 4. The Morgan fingerprint density at radius 1 is 0.750 bits per heavy atom. The quantitative estimate of drug-likeness (QED) is 0.299. The fourth-order valence-corrected chi connectivity index (χ4v) is 3.14. The van der Waals surface area contributed by atoms with Crippen LogP contribution in [0.2, 0.25) is 0 Å². The van der Waals surface area contributed by atoms with E-state index in [1.54, 1.807) is 6.07 Å². The van der Waals surface area contributed by atoms with Crippen LogP contribution >= 0.6 is 0 Å². The maximum atomic E-state index is 12.8. The number of rotatable bonds is 8. The average molecular weight is 436 g/mol. The average Bonchev–Trinajstić information content (AvgIpc) is 2.78. The highest BCUT2D eigenvalue weighted by molar-refractivity contribution is 5.98. The smallest absolute Gasteiger partial charge is 0.252 e. The summed E-state index contributed by atoms with van der Waals surface area (Å²) in [6.45, 7) is 0.254. The first kappa shape index (κ1) is 22.5. The number of carbonyl (C=O) groups is 2. The van der Waals surface area contributed by atoms with Crippen LogP contribution in [0.1, 0.15) is 21.5 Å². The highest BCUT2D eigenvalue weighted by atomic mass is 16.3. The summed E-state index contributed by atoms with van der Waals surface area (Å²) in [7, 11) is 0. The third-order valence-corrected chi connectivity index (χ3v) is 4.89. The molecular formula is C24H24N2O6. The van der Waals surface area contributed by atoms with Gasteiger partial charge in [0, 0.05) is 18.5 Å². The van der Waals surface area contributed by atoms with Crippen molar-refractivity contribution in [3.63, 3.8) is 0 Å². The monoisotopic (exact) mass is 436 g/mol. The Balaban J connectivity index is 1.68. The Labute approximate surface area is 184 Å². The second-order valence-electron chi connectivity index (χ2n) is 7.28. The van der Waals surface area contributed by atoms with Gasteiger partial charge in [0.05, 0.1) is 0 Å². The van der Waals surface area contributed by atoms with E-state index in [4.69, 9.17) is 0 Å². The van der Waals surface area contributed by atoms with Crippen molar-refractivity contribution in [1.82, 2.24) is 10.6 Å². The molecule has 0 fully saturated rings. The van der Waals surface area contributed by atoms with Gasteiger partial charge in [0.2, 0.25) is 5.91 Å². The summed E-state index contributed by atoms with van der Waals surface area (Å²) in [4.78, 5) is 25.5. The number of hydrogen-bond acceptors (Lipinski definition) is 6. The molecule has 0 heterocycles. The zero-order chi connectivity index (χ0) is 23.1. The summed E-state index contributed by atoms with van der Waals surface area (Å²) in [6, 6.07) is 16.4. The number of nitrogens with one attached hydrogen (secondary N) is 2. The lowest BCUT2D eigenvalue weighted by molar-refractivity contribution is -0.122. The lowest BCUT2D eigenvalue weighted by Gasteiger charge is -2.19. The van der Waals surface area contributed by atoms with E-state index in [2.05, 4.69) is 10.6 Å². The van der Waals surface area contributed by atoms with E-state index in [9.17, 15) is 30.0 Å². The Morgan fingerprint density at radius 2 is 1.41 bits per heavy atom. The molecule has 8 nitrogen and oxygen atoms in total. The van der Waals surface area contributed by atoms with E-state index in [-0.39, 0.29) is 35.8 Å². The van der Waals surface area contributed by atoms with E-state index in [1.807, 2.05) is 30.3 Å². The molecule has 0 unspecified atom stereocenters. The molecule has 0 bridgehead atoms. The van der Waals surface area contributed by atoms with E-state index >= 15 is 0 Å². The minimum Gasteiger partial charge on any atom is -0.504 e. The minimum atomic E-state index is -0.880. The molecule has 32 heavy (non-hydrogen) atoms. The summed E-state index contributed by atoms with van der Waals surface area (Å²) < 4.78 is 0. The maximum Gasteiger partial charge on any atom is 0.252 e. The Kier molecular flexibility index (Phi) is 7.17. The van der Waals surface area contributed by atoms with Crippen molar-refractivity contribution in [2.45, 2.75) is 18.9 Å². The summed E-state index contributed by atoms with van der Waals surface area (Å²) in [6.07, 6.45) is 0.667. The molecule has 3 aromatic carbocycles. The maximum absolute atomic E-state index is 12.8. The Morgan fingerprint density at radius 3 is 2.06 bits per heavy atom. The predicted molar refractivity (Wildman–Crippen MR) is 118 cm³/mol. The van der Waals surface area contributed by atoms with Crippen LogP contribution in [-0.4, -0.2) is 44.8 Å². The number of hydrogen-bond donors (Lipinski definition) is 6. The molecule has 0 spiro atoms. The van der Waals surface area contributed by atoms with Crippen LogP contribution in [0.25, 0.3) is 0 Å². The van der Waals surface area contributed by atoms with Gasteiger partial charge >= 0.3 is 0 Å². The third-order valence-electron chi connectivity index (χ3n) is 4.89. The molecule has 6 N–H and O–H groups in total. The Hall–Kier alpha value is -4.20. The van der Waals surface area contributed by atoms with Gasteiger partial charge in [-0.3, -0.25) is 9.59 Å². The summed E-state index contributed by atoms with van der Waals surface area (Å²) in [5, 5.41) is 43.5. The van der Waals surface area contributed by atoms with Gasteiger partial charge in [-0.05, 0) is 47.9 Å². The van der Waals surface area contributed by atoms with E-state index in [0.29, 0.717) is 6.42 Å². The van der Waals surface area contributed by atoms with Gasteiger partial charge in [-0.2, -0.15) is 0 Å². The molecule has 0 aliphatic rings. The molecule has 0 saturated heterocycles. The van der Waals surface area contributed by atoms with Crippen LogP contribution in [0, 0.1) is 0 Å². The van der Waals surface area contributed by atoms with Gasteiger partial charge in [0.15, 0.2) is 23.0 Å². The topological polar surface area (TPSA) is 139 Å². The van der Waals surface area contributed by atoms with Crippen LogP contribution in [0.4, 0.5) is 0 Å². The second-order valence-corrected chi connectivity index (χ2v) is 7.28. The molecule has 3 aromatic rings. The molecule has 8 heteroatoms. The fourth-order valence-electron chi connectivity index (χ4n) is 3.14. The van der Waals surface area contributed by atoms with Crippen molar-refractivity contribution >= 4 is 11.8 Å². The van der Waals surface area contributed by atoms with E-state index in [1.165, 1.54) is 24.3 Å². The SMILES string of the molecule is O=C(N[C@@H](Cc1ccccc1)C(=O)NCCc1ccc(O)c(O)c1)c1ccc(O)c(O)c1. The van der Waals surface area contributed by atoms with Crippen LogP contribution in [0.3, 0.4) is 0 Å². The molecule has 2 amide bonds. The second kappa shape index (κ2) is 10.2. The highest BCUT2D eigenvalue weighted by Gasteiger charge is 2.22. The van der Waals surface area contributed by atoms with Crippen molar-refractivity contribution in [2.75, 3.05) is 6.54 Å². The van der Waals surface area contributed by atoms with Gasteiger partial charge in [-0.25, -0.2) is 0 Å². The molecule has 0 saturated carbocycles. The molecule has 0 radical (unpaired) electrons. The van der Waals surface area contributed by atoms with Gasteiger partial charge < -0.3 is 31.1 Å².